The number of halogens is 1. The summed E-state index contributed by atoms with van der Waals surface area (Å²) in [6.45, 7) is 7.93. The van der Waals surface area contributed by atoms with Gasteiger partial charge in [-0.25, -0.2) is 8.42 Å². The van der Waals surface area contributed by atoms with E-state index in [0.29, 0.717) is 29.6 Å². The number of nitrogens with one attached hydrogen (secondary N) is 1. The average Bonchev–Trinajstić information content (AvgIpc) is 2.98. The van der Waals surface area contributed by atoms with E-state index < -0.39 is 28.5 Å². The zero-order valence-corrected chi connectivity index (χ0v) is 26.9. The molecule has 1 N–H and O–H groups in total. The molecule has 0 aromatic heterocycles. The van der Waals surface area contributed by atoms with Gasteiger partial charge in [-0.15, -0.1) is 11.8 Å². The van der Waals surface area contributed by atoms with Crippen LogP contribution >= 0.6 is 23.4 Å². The largest absolute Gasteiger partial charge is 0.494 e. The number of sulfonamides is 1. The molecule has 226 valence electrons. The normalized spacial score (nSPS) is 12.1. The smallest absolute Gasteiger partial charge is 0.264 e. The van der Waals surface area contributed by atoms with E-state index in [2.05, 4.69) is 5.32 Å². The van der Waals surface area contributed by atoms with Gasteiger partial charge in [-0.05, 0) is 92.2 Å². The van der Waals surface area contributed by atoms with Gasteiger partial charge in [0.2, 0.25) is 11.8 Å². The van der Waals surface area contributed by atoms with Gasteiger partial charge in [0.05, 0.1) is 17.2 Å². The number of nitrogens with zero attached hydrogens (tertiary/aromatic N) is 2. The Balaban J connectivity index is 2.01. The lowest BCUT2D eigenvalue weighted by Crippen LogP contribution is -2.51. The molecule has 0 unspecified atom stereocenters. The van der Waals surface area contributed by atoms with Crippen molar-refractivity contribution in [2.24, 2.45) is 5.92 Å². The lowest BCUT2D eigenvalue weighted by molar-refractivity contribution is -0.139. The third-order valence-corrected chi connectivity index (χ3v) is 9.26. The Hall–Kier alpha value is -3.21. The summed E-state index contributed by atoms with van der Waals surface area (Å²) in [5.41, 5.74) is 1.04. The van der Waals surface area contributed by atoms with Crippen LogP contribution in [-0.2, 0) is 26.2 Å². The van der Waals surface area contributed by atoms with Gasteiger partial charge in [-0.2, -0.15) is 0 Å². The molecule has 2 amide bonds. The van der Waals surface area contributed by atoms with E-state index in [-0.39, 0.29) is 23.3 Å². The summed E-state index contributed by atoms with van der Waals surface area (Å²) in [6, 6.07) is 19.1. The molecule has 0 spiro atoms. The molecule has 0 aliphatic heterocycles. The van der Waals surface area contributed by atoms with Gasteiger partial charge in [-0.3, -0.25) is 13.9 Å². The predicted octanol–water partition coefficient (Wildman–Crippen LogP) is 5.85. The first kappa shape index (κ1) is 33.3. The second-order valence-corrected chi connectivity index (χ2v) is 13.3. The standard InChI is InChI=1S/C31H38ClN3O5S2/c1-6-40-27-13-11-26(12-14-27)35(42(38,39)29-17-15-28(41-5)16-18-29)21-30(36)34(20-24-7-9-25(32)10-8-24)23(4)31(37)33-19-22(2)3/h7-18,22-23H,6,19-21H2,1-5H3,(H,33,37)/t23-/m0/s1. The Bertz CT molecular complexity index is 1430. The molecule has 0 radical (unpaired) electrons. The second-order valence-electron chi connectivity index (χ2n) is 10.1. The Morgan fingerprint density at radius 2 is 1.57 bits per heavy atom. The van der Waals surface area contributed by atoms with Crippen molar-refractivity contribution < 1.29 is 22.7 Å². The number of anilines is 1. The number of hydrogen-bond acceptors (Lipinski definition) is 6. The number of benzene rings is 3. The minimum absolute atomic E-state index is 0.0500. The van der Waals surface area contributed by atoms with Crippen LogP contribution in [0.25, 0.3) is 0 Å². The highest BCUT2D eigenvalue weighted by atomic mass is 35.5. The summed E-state index contributed by atoms with van der Waals surface area (Å²) in [4.78, 5) is 29.5. The number of ether oxygens (including phenoxy) is 1. The van der Waals surface area contributed by atoms with Crippen LogP contribution in [0.5, 0.6) is 5.75 Å². The third-order valence-electron chi connectivity index (χ3n) is 6.48. The van der Waals surface area contributed by atoms with Crippen LogP contribution in [0.3, 0.4) is 0 Å². The van der Waals surface area contributed by atoms with Gasteiger partial charge in [0.15, 0.2) is 0 Å². The number of thioether (sulfide) groups is 1. The number of rotatable bonds is 14. The number of carbonyl (C=O) groups excluding carboxylic acids is 2. The van der Waals surface area contributed by atoms with Crippen LogP contribution in [0.15, 0.2) is 82.6 Å². The molecule has 3 rings (SSSR count). The van der Waals surface area contributed by atoms with Crippen LogP contribution in [0.4, 0.5) is 5.69 Å². The molecular weight excluding hydrogens is 594 g/mol. The van der Waals surface area contributed by atoms with E-state index in [9.17, 15) is 18.0 Å². The second kappa shape index (κ2) is 15.3. The lowest BCUT2D eigenvalue weighted by Gasteiger charge is -2.32. The molecule has 0 bridgehead atoms. The van der Waals surface area contributed by atoms with E-state index in [1.807, 2.05) is 27.0 Å². The molecular formula is C31H38ClN3O5S2. The molecule has 42 heavy (non-hydrogen) atoms. The molecule has 0 aliphatic carbocycles. The van der Waals surface area contributed by atoms with Crippen molar-refractivity contribution in [1.29, 1.82) is 0 Å². The first-order valence-electron chi connectivity index (χ1n) is 13.7. The van der Waals surface area contributed by atoms with Gasteiger partial charge in [0, 0.05) is 23.0 Å². The van der Waals surface area contributed by atoms with Crippen molar-refractivity contribution in [2.75, 3.05) is 30.3 Å². The quantitative estimate of drug-likeness (QED) is 0.225. The highest BCUT2D eigenvalue weighted by molar-refractivity contribution is 7.98. The van der Waals surface area contributed by atoms with Gasteiger partial charge in [-0.1, -0.05) is 37.6 Å². The van der Waals surface area contributed by atoms with Crippen molar-refractivity contribution in [3.8, 4) is 5.75 Å². The molecule has 3 aromatic carbocycles. The van der Waals surface area contributed by atoms with Gasteiger partial charge < -0.3 is 15.0 Å². The molecule has 11 heteroatoms. The first-order valence-corrected chi connectivity index (χ1v) is 16.7. The fourth-order valence-electron chi connectivity index (χ4n) is 4.10. The monoisotopic (exact) mass is 631 g/mol. The highest BCUT2D eigenvalue weighted by Crippen LogP contribution is 2.28. The number of hydrogen-bond donors (Lipinski definition) is 1. The fourth-order valence-corrected chi connectivity index (χ4v) is 6.05. The first-order chi connectivity index (χ1) is 20.0. The molecule has 3 aromatic rings. The topological polar surface area (TPSA) is 96.0 Å². The average molecular weight is 632 g/mol. The van der Waals surface area contributed by atoms with Crippen molar-refractivity contribution in [1.82, 2.24) is 10.2 Å². The van der Waals surface area contributed by atoms with E-state index in [0.717, 1.165) is 14.8 Å². The maximum absolute atomic E-state index is 14.0. The van der Waals surface area contributed by atoms with Crippen LogP contribution in [0.2, 0.25) is 5.02 Å². The SMILES string of the molecule is CCOc1ccc(N(CC(=O)N(Cc2ccc(Cl)cc2)[C@@H](C)C(=O)NCC(C)C)S(=O)(=O)c2ccc(SC)cc2)cc1. The van der Waals surface area contributed by atoms with E-state index >= 15 is 0 Å². The predicted molar refractivity (Wildman–Crippen MR) is 170 cm³/mol. The van der Waals surface area contributed by atoms with Crippen LogP contribution < -0.4 is 14.4 Å². The van der Waals surface area contributed by atoms with Crippen molar-refractivity contribution in [2.45, 2.75) is 50.1 Å². The van der Waals surface area contributed by atoms with Gasteiger partial charge in [0.25, 0.3) is 10.0 Å². The molecule has 0 saturated carbocycles. The van der Waals surface area contributed by atoms with Gasteiger partial charge in [0.1, 0.15) is 18.3 Å². The minimum atomic E-state index is -4.16. The maximum atomic E-state index is 14.0. The lowest BCUT2D eigenvalue weighted by atomic mass is 10.1. The van der Waals surface area contributed by atoms with Crippen molar-refractivity contribution >= 4 is 50.9 Å². The maximum Gasteiger partial charge on any atom is 0.264 e. The zero-order valence-electron chi connectivity index (χ0n) is 24.5. The highest BCUT2D eigenvalue weighted by Gasteiger charge is 2.32. The van der Waals surface area contributed by atoms with Crippen molar-refractivity contribution in [3.63, 3.8) is 0 Å². The molecule has 8 nitrogen and oxygen atoms in total. The molecule has 0 saturated heterocycles. The Kier molecular flexibility index (Phi) is 12.1. The Labute approximate surface area is 258 Å². The van der Waals surface area contributed by atoms with Crippen LogP contribution in [0, 0.1) is 5.92 Å². The Morgan fingerprint density at radius 1 is 0.952 bits per heavy atom. The number of carbonyl (C=O) groups is 2. The van der Waals surface area contributed by atoms with Crippen LogP contribution in [-0.4, -0.2) is 57.1 Å². The zero-order chi connectivity index (χ0) is 30.9. The van der Waals surface area contributed by atoms with E-state index in [4.69, 9.17) is 16.3 Å². The number of amides is 2. The summed E-state index contributed by atoms with van der Waals surface area (Å²) in [5, 5.41) is 3.42. The van der Waals surface area contributed by atoms with Gasteiger partial charge >= 0.3 is 0 Å². The summed E-state index contributed by atoms with van der Waals surface area (Å²) in [6.07, 6.45) is 1.90. The van der Waals surface area contributed by atoms with Crippen molar-refractivity contribution in [3.05, 3.63) is 83.4 Å². The summed E-state index contributed by atoms with van der Waals surface area (Å²) >= 11 is 7.56. The molecule has 0 fully saturated rings. The molecule has 1 atom stereocenters. The minimum Gasteiger partial charge on any atom is -0.494 e. The fraction of sp³-hybridized carbons (Fsp3) is 0.355. The molecule has 0 heterocycles. The van der Waals surface area contributed by atoms with E-state index in [1.165, 1.54) is 28.8 Å². The third kappa shape index (κ3) is 8.89. The Morgan fingerprint density at radius 3 is 2.12 bits per heavy atom. The van der Waals surface area contributed by atoms with Crippen LogP contribution in [0.1, 0.15) is 33.3 Å². The molecule has 0 aliphatic rings. The summed E-state index contributed by atoms with van der Waals surface area (Å²) in [7, 11) is -4.16. The summed E-state index contributed by atoms with van der Waals surface area (Å²) in [5.74, 6) is -0.0575. The summed E-state index contributed by atoms with van der Waals surface area (Å²) < 4.78 is 34.6. The van der Waals surface area contributed by atoms with E-state index in [1.54, 1.807) is 67.6 Å².